The molecule has 1 aliphatic heterocycles. The maximum Gasteiger partial charge on any atom is 0.325 e. The van der Waals surface area contributed by atoms with Crippen molar-refractivity contribution in [1.29, 1.82) is 5.26 Å². The summed E-state index contributed by atoms with van der Waals surface area (Å²) in [7, 11) is 0. The molecule has 0 spiro atoms. The Labute approximate surface area is 134 Å². The lowest BCUT2D eigenvalue weighted by Crippen LogP contribution is -2.41. The smallest absolute Gasteiger partial charge is 0.319 e. The van der Waals surface area contributed by atoms with Crippen molar-refractivity contribution >= 4 is 22.7 Å². The molecule has 0 unspecified atom stereocenters. The summed E-state index contributed by atoms with van der Waals surface area (Å²) >= 11 is 0. The quantitative estimate of drug-likeness (QED) is 0.886. The Balaban J connectivity index is 2.07. The van der Waals surface area contributed by atoms with E-state index in [1.807, 2.05) is 42.5 Å². The molecule has 0 bridgehead atoms. The Hall–Kier alpha value is -2.87. The van der Waals surface area contributed by atoms with Crippen molar-refractivity contribution in [1.82, 2.24) is 10.2 Å². The number of imide groups is 1. The van der Waals surface area contributed by atoms with Crippen LogP contribution in [0.25, 0.3) is 10.8 Å². The summed E-state index contributed by atoms with van der Waals surface area (Å²) in [6.45, 7) is 3.50. The maximum atomic E-state index is 12.9. The summed E-state index contributed by atoms with van der Waals surface area (Å²) < 4.78 is 0. The van der Waals surface area contributed by atoms with Gasteiger partial charge in [0.25, 0.3) is 5.91 Å². The second-order valence-electron chi connectivity index (χ2n) is 6.03. The molecule has 2 atom stereocenters. The average molecular weight is 307 g/mol. The first kappa shape index (κ1) is 15.0. The number of hydrogen-bond donors (Lipinski definition) is 1. The predicted octanol–water partition coefficient (Wildman–Crippen LogP) is 2.77. The molecule has 0 aromatic heterocycles. The van der Waals surface area contributed by atoms with Crippen LogP contribution in [-0.4, -0.2) is 23.4 Å². The molecule has 0 aliphatic carbocycles. The topological polar surface area (TPSA) is 73.2 Å². The number of amides is 3. The summed E-state index contributed by atoms with van der Waals surface area (Å²) in [5.74, 6) is -0.722. The minimum absolute atomic E-state index is 0.0987. The first-order valence-electron chi connectivity index (χ1n) is 7.49. The second-order valence-corrected chi connectivity index (χ2v) is 6.03. The van der Waals surface area contributed by atoms with Gasteiger partial charge in [-0.15, -0.1) is 0 Å². The number of carbonyl (C=O) groups is 2. The van der Waals surface area contributed by atoms with Crippen LogP contribution in [0.15, 0.2) is 42.5 Å². The van der Waals surface area contributed by atoms with Crippen LogP contribution < -0.4 is 5.32 Å². The van der Waals surface area contributed by atoms with Crippen LogP contribution >= 0.6 is 0 Å². The fourth-order valence-electron chi connectivity index (χ4n) is 3.02. The second kappa shape index (κ2) is 5.40. The summed E-state index contributed by atoms with van der Waals surface area (Å²) in [6, 6.07) is 15.1. The van der Waals surface area contributed by atoms with Crippen molar-refractivity contribution in [2.24, 2.45) is 5.92 Å². The van der Waals surface area contributed by atoms with E-state index in [1.165, 1.54) is 0 Å². The third-order valence-corrected chi connectivity index (χ3v) is 4.28. The molecule has 2 aromatic carbocycles. The highest BCUT2D eigenvalue weighted by Gasteiger charge is 2.49. The zero-order valence-corrected chi connectivity index (χ0v) is 13.0. The number of nitrogens with zero attached hydrogens (tertiary/aromatic N) is 2. The van der Waals surface area contributed by atoms with Crippen molar-refractivity contribution in [2.45, 2.75) is 19.4 Å². The van der Waals surface area contributed by atoms with E-state index in [2.05, 4.69) is 11.4 Å². The number of nitrogens with one attached hydrogen (secondary N) is 1. The van der Waals surface area contributed by atoms with Gasteiger partial charge in [-0.05, 0) is 30.2 Å². The summed E-state index contributed by atoms with van der Waals surface area (Å²) in [5, 5.41) is 13.7. The molecular formula is C18H17N3O2. The summed E-state index contributed by atoms with van der Waals surface area (Å²) in [4.78, 5) is 26.2. The van der Waals surface area contributed by atoms with Gasteiger partial charge < -0.3 is 5.32 Å². The van der Waals surface area contributed by atoms with Crippen LogP contribution in [0, 0.1) is 17.2 Å². The first-order chi connectivity index (χ1) is 11.0. The number of carbonyl (C=O) groups excluding carboxylic acids is 2. The highest BCUT2D eigenvalue weighted by Crippen LogP contribution is 2.34. The molecule has 1 aliphatic rings. The third-order valence-electron chi connectivity index (χ3n) is 4.28. The van der Waals surface area contributed by atoms with E-state index >= 15 is 0 Å². The van der Waals surface area contributed by atoms with E-state index in [4.69, 9.17) is 5.26 Å². The standard InChI is InChI=1S/C18H17N3O2/c1-12(10-19)11-21-16(22)18(2,20-17(21)23)15-9-5-7-13-6-3-4-8-14(13)15/h3-9,12H,11H2,1-2H3,(H,20,23)/t12-,18-/m0/s1. The molecule has 5 nitrogen and oxygen atoms in total. The van der Waals surface area contributed by atoms with Gasteiger partial charge >= 0.3 is 6.03 Å². The Morgan fingerprint density at radius 3 is 2.65 bits per heavy atom. The van der Waals surface area contributed by atoms with Crippen molar-refractivity contribution in [3.05, 3.63) is 48.0 Å². The zero-order valence-electron chi connectivity index (χ0n) is 13.0. The number of fused-ring (bicyclic) bond motifs is 1. The Kier molecular flexibility index (Phi) is 3.53. The number of rotatable bonds is 3. The van der Waals surface area contributed by atoms with Crippen LogP contribution in [-0.2, 0) is 10.3 Å². The first-order valence-corrected chi connectivity index (χ1v) is 7.49. The van der Waals surface area contributed by atoms with Crippen LogP contribution in [0.4, 0.5) is 4.79 Å². The normalized spacial score (nSPS) is 22.0. The van der Waals surface area contributed by atoms with Crippen LogP contribution in [0.3, 0.4) is 0 Å². The molecule has 116 valence electrons. The molecule has 3 rings (SSSR count). The van der Waals surface area contributed by atoms with Gasteiger partial charge in [-0.3, -0.25) is 9.69 Å². The molecule has 1 saturated heterocycles. The van der Waals surface area contributed by atoms with Crippen LogP contribution in [0.2, 0.25) is 0 Å². The molecule has 1 N–H and O–H groups in total. The van der Waals surface area contributed by atoms with E-state index in [1.54, 1.807) is 13.8 Å². The molecule has 5 heteroatoms. The molecule has 1 fully saturated rings. The lowest BCUT2D eigenvalue weighted by atomic mass is 9.87. The van der Waals surface area contributed by atoms with Crippen molar-refractivity contribution in [3.8, 4) is 6.07 Å². The highest BCUT2D eigenvalue weighted by atomic mass is 16.2. The van der Waals surface area contributed by atoms with Gasteiger partial charge in [-0.1, -0.05) is 42.5 Å². The van der Waals surface area contributed by atoms with Gasteiger partial charge in [-0.25, -0.2) is 4.79 Å². The van der Waals surface area contributed by atoms with Crippen LogP contribution in [0.1, 0.15) is 19.4 Å². The molecule has 0 saturated carbocycles. The number of urea groups is 1. The summed E-state index contributed by atoms with van der Waals surface area (Å²) in [6.07, 6.45) is 0. The van der Waals surface area contributed by atoms with E-state index in [0.717, 1.165) is 21.2 Å². The average Bonchev–Trinajstić information content (AvgIpc) is 2.78. The molecule has 3 amide bonds. The van der Waals surface area contributed by atoms with Gasteiger partial charge in [-0.2, -0.15) is 5.26 Å². The number of hydrogen-bond acceptors (Lipinski definition) is 3. The van der Waals surface area contributed by atoms with Crippen molar-refractivity contribution in [2.75, 3.05) is 6.54 Å². The molecular weight excluding hydrogens is 290 g/mol. The van der Waals surface area contributed by atoms with E-state index < -0.39 is 17.5 Å². The van der Waals surface area contributed by atoms with E-state index in [-0.39, 0.29) is 12.5 Å². The monoisotopic (exact) mass is 307 g/mol. The fourth-order valence-corrected chi connectivity index (χ4v) is 3.02. The van der Waals surface area contributed by atoms with Gasteiger partial charge in [0.1, 0.15) is 5.54 Å². The lowest BCUT2D eigenvalue weighted by molar-refractivity contribution is -0.131. The molecule has 23 heavy (non-hydrogen) atoms. The third kappa shape index (κ3) is 2.33. The van der Waals surface area contributed by atoms with Gasteiger partial charge in [0.15, 0.2) is 0 Å². The minimum atomic E-state index is -1.12. The predicted molar refractivity (Wildman–Crippen MR) is 86.3 cm³/mol. The Bertz CT molecular complexity index is 834. The Morgan fingerprint density at radius 1 is 1.22 bits per heavy atom. The number of benzene rings is 2. The summed E-state index contributed by atoms with van der Waals surface area (Å²) in [5.41, 5.74) is -0.353. The van der Waals surface area contributed by atoms with Crippen LogP contribution in [0.5, 0.6) is 0 Å². The van der Waals surface area contributed by atoms with Gasteiger partial charge in [0.05, 0.1) is 12.0 Å². The maximum absolute atomic E-state index is 12.9. The van der Waals surface area contributed by atoms with E-state index in [0.29, 0.717) is 0 Å². The zero-order chi connectivity index (χ0) is 16.6. The molecule has 2 aromatic rings. The highest BCUT2D eigenvalue weighted by molar-refractivity contribution is 6.09. The largest absolute Gasteiger partial charge is 0.325 e. The fraction of sp³-hybridized carbons (Fsp3) is 0.278. The van der Waals surface area contributed by atoms with E-state index in [9.17, 15) is 9.59 Å². The van der Waals surface area contributed by atoms with Crippen molar-refractivity contribution < 1.29 is 9.59 Å². The van der Waals surface area contributed by atoms with Gasteiger partial charge in [0, 0.05) is 6.54 Å². The molecule has 1 heterocycles. The van der Waals surface area contributed by atoms with Gasteiger partial charge in [0.2, 0.25) is 0 Å². The minimum Gasteiger partial charge on any atom is -0.319 e. The Morgan fingerprint density at radius 2 is 1.91 bits per heavy atom. The lowest BCUT2D eigenvalue weighted by Gasteiger charge is -2.24. The number of nitriles is 1. The molecule has 0 radical (unpaired) electrons. The SMILES string of the molecule is C[C@@H](C#N)CN1C(=O)N[C@@](C)(c2cccc3ccccc23)C1=O. The van der Waals surface area contributed by atoms with Crippen molar-refractivity contribution in [3.63, 3.8) is 0 Å².